The molecule has 0 aliphatic carbocycles. The van der Waals surface area contributed by atoms with Gasteiger partial charge in [-0.25, -0.2) is 4.79 Å². The number of anilines is 1. The fourth-order valence-electron chi connectivity index (χ4n) is 5.41. The van der Waals surface area contributed by atoms with Gasteiger partial charge in [0.05, 0.1) is 46.8 Å². The summed E-state index contributed by atoms with van der Waals surface area (Å²) in [4.78, 5) is 26.9. The summed E-state index contributed by atoms with van der Waals surface area (Å²) in [7, 11) is 4.71. The van der Waals surface area contributed by atoms with Gasteiger partial charge in [-0.3, -0.25) is 13.9 Å². The fourth-order valence-corrected chi connectivity index (χ4v) is 5.41. The molecule has 186 valence electrons. The van der Waals surface area contributed by atoms with Crippen LogP contribution in [0.4, 0.5) is 5.69 Å². The molecule has 3 heterocycles. The number of rotatable bonds is 3. The highest BCUT2D eigenvalue weighted by atomic mass is 16.5. The summed E-state index contributed by atoms with van der Waals surface area (Å²) in [5.41, 5.74) is 5.81. The van der Waals surface area contributed by atoms with Crippen molar-refractivity contribution < 1.29 is 9.84 Å². The number of nitrogens with one attached hydrogen (secondary N) is 1. The van der Waals surface area contributed by atoms with Gasteiger partial charge in [0.25, 0.3) is 5.56 Å². The molecule has 2 aromatic heterocycles. The van der Waals surface area contributed by atoms with Gasteiger partial charge < -0.3 is 19.7 Å². The summed E-state index contributed by atoms with van der Waals surface area (Å²) in [6.07, 6.45) is 0. The van der Waals surface area contributed by atoms with Crippen molar-refractivity contribution in [3.05, 3.63) is 104 Å². The second-order valence-electron chi connectivity index (χ2n) is 9.39. The number of aryl methyl sites for hydroxylation is 2. The molecule has 0 radical (unpaired) electrons. The SMILES string of the molecule is COc1cc(C2Nc3ccccc3-n3c(-c4cccc(C)c4)c4c(=O)n(C)c(=O)n(C)c4c32)ccc1O. The predicted molar refractivity (Wildman–Crippen MR) is 144 cm³/mol. The monoisotopic (exact) mass is 494 g/mol. The first-order chi connectivity index (χ1) is 17.8. The van der Waals surface area contributed by atoms with Crippen LogP contribution in [0.15, 0.2) is 76.3 Å². The van der Waals surface area contributed by atoms with Crippen LogP contribution >= 0.6 is 0 Å². The second kappa shape index (κ2) is 8.16. The van der Waals surface area contributed by atoms with Crippen molar-refractivity contribution in [2.24, 2.45) is 14.1 Å². The van der Waals surface area contributed by atoms with Gasteiger partial charge in [0.2, 0.25) is 0 Å². The van der Waals surface area contributed by atoms with Gasteiger partial charge in [0.1, 0.15) is 0 Å². The molecular formula is C29H26N4O4. The quantitative estimate of drug-likeness (QED) is 0.392. The summed E-state index contributed by atoms with van der Waals surface area (Å²) in [6, 6.07) is 20.7. The van der Waals surface area contributed by atoms with Crippen LogP contribution in [0.25, 0.3) is 27.8 Å². The molecule has 0 amide bonds. The standard InChI is InChI=1S/C29H26N4O4/c1-16-8-7-9-18(14-16)25-23-26(31(2)29(36)32(3)28(23)35)27-24(17-12-13-21(34)22(15-17)37-4)30-19-10-5-6-11-20(19)33(25)27/h5-15,24,30,34H,1-4H3. The number of hydrogen-bond donors (Lipinski definition) is 2. The number of aromatic nitrogens is 3. The maximum Gasteiger partial charge on any atom is 0.331 e. The van der Waals surface area contributed by atoms with Gasteiger partial charge in [0.15, 0.2) is 11.5 Å². The van der Waals surface area contributed by atoms with E-state index < -0.39 is 11.7 Å². The first-order valence-electron chi connectivity index (χ1n) is 12.0. The van der Waals surface area contributed by atoms with E-state index in [9.17, 15) is 14.7 Å². The zero-order valence-corrected chi connectivity index (χ0v) is 20.9. The number of phenols is 1. The molecule has 2 N–H and O–H groups in total. The largest absolute Gasteiger partial charge is 0.504 e. The van der Waals surface area contributed by atoms with Crippen molar-refractivity contribution in [1.29, 1.82) is 0 Å². The van der Waals surface area contributed by atoms with Crippen LogP contribution in [0.1, 0.15) is 22.9 Å². The lowest BCUT2D eigenvalue weighted by molar-refractivity contribution is 0.373. The van der Waals surface area contributed by atoms with E-state index in [4.69, 9.17) is 4.74 Å². The normalized spacial score (nSPS) is 14.2. The minimum Gasteiger partial charge on any atom is -0.504 e. The molecule has 5 aromatic rings. The van der Waals surface area contributed by atoms with E-state index in [0.717, 1.165) is 44.0 Å². The van der Waals surface area contributed by atoms with E-state index in [0.29, 0.717) is 16.7 Å². The lowest BCUT2D eigenvalue weighted by atomic mass is 9.99. The third kappa shape index (κ3) is 3.22. The minimum atomic E-state index is -0.442. The highest BCUT2D eigenvalue weighted by Gasteiger charge is 2.35. The molecule has 0 saturated carbocycles. The third-order valence-corrected chi connectivity index (χ3v) is 7.16. The van der Waals surface area contributed by atoms with Gasteiger partial charge in [-0.2, -0.15) is 0 Å². The zero-order valence-electron chi connectivity index (χ0n) is 20.9. The summed E-state index contributed by atoms with van der Waals surface area (Å²) in [5, 5.41) is 14.3. The zero-order chi connectivity index (χ0) is 26.0. The lowest BCUT2D eigenvalue weighted by Crippen LogP contribution is -2.37. The summed E-state index contributed by atoms with van der Waals surface area (Å²) in [6.45, 7) is 2.01. The first-order valence-corrected chi connectivity index (χ1v) is 12.0. The number of phenolic OH excluding ortho intramolecular Hbond substituents is 1. The molecule has 1 unspecified atom stereocenters. The average Bonchev–Trinajstić information content (AvgIpc) is 3.27. The molecule has 37 heavy (non-hydrogen) atoms. The van der Waals surface area contributed by atoms with Crippen LogP contribution in [0.3, 0.4) is 0 Å². The van der Waals surface area contributed by atoms with Crippen LogP contribution in [0.2, 0.25) is 0 Å². The molecule has 6 rings (SSSR count). The number of aromatic hydroxyl groups is 1. The Morgan fingerprint density at radius 2 is 1.73 bits per heavy atom. The molecule has 8 heteroatoms. The Morgan fingerprint density at radius 3 is 2.49 bits per heavy atom. The van der Waals surface area contributed by atoms with Crippen molar-refractivity contribution in [2.75, 3.05) is 12.4 Å². The van der Waals surface area contributed by atoms with Crippen molar-refractivity contribution in [3.8, 4) is 28.4 Å². The van der Waals surface area contributed by atoms with Gasteiger partial charge >= 0.3 is 5.69 Å². The molecule has 3 aromatic carbocycles. The topological polar surface area (TPSA) is 90.4 Å². The Morgan fingerprint density at radius 1 is 0.946 bits per heavy atom. The number of benzene rings is 3. The lowest BCUT2D eigenvalue weighted by Gasteiger charge is -2.31. The Bertz CT molecular complexity index is 1840. The summed E-state index contributed by atoms with van der Waals surface area (Å²) < 4.78 is 10.2. The Labute approximate surface area is 212 Å². The Balaban J connectivity index is 1.84. The van der Waals surface area contributed by atoms with Crippen LogP contribution < -0.4 is 21.3 Å². The predicted octanol–water partition coefficient (Wildman–Crippen LogP) is 4.23. The highest BCUT2D eigenvalue weighted by molar-refractivity contribution is 5.99. The Kier molecular flexibility index (Phi) is 5.01. The van der Waals surface area contributed by atoms with E-state index in [1.807, 2.05) is 55.5 Å². The van der Waals surface area contributed by atoms with E-state index in [1.165, 1.54) is 14.2 Å². The van der Waals surface area contributed by atoms with Crippen molar-refractivity contribution >= 4 is 16.6 Å². The van der Waals surface area contributed by atoms with E-state index in [2.05, 4.69) is 16.0 Å². The molecule has 0 spiro atoms. The molecule has 0 saturated heterocycles. The molecular weight excluding hydrogens is 468 g/mol. The van der Waals surface area contributed by atoms with E-state index in [1.54, 1.807) is 23.7 Å². The smallest absolute Gasteiger partial charge is 0.331 e. The molecule has 8 nitrogen and oxygen atoms in total. The molecule has 1 aliphatic rings. The van der Waals surface area contributed by atoms with Crippen LogP contribution in [0.5, 0.6) is 11.5 Å². The first kappa shape index (κ1) is 22.7. The van der Waals surface area contributed by atoms with Crippen LogP contribution in [0, 0.1) is 6.92 Å². The van der Waals surface area contributed by atoms with E-state index >= 15 is 0 Å². The average molecular weight is 495 g/mol. The second-order valence-corrected chi connectivity index (χ2v) is 9.39. The molecule has 1 atom stereocenters. The van der Waals surface area contributed by atoms with Gasteiger partial charge in [-0.05, 0) is 48.4 Å². The number of hydrogen-bond acceptors (Lipinski definition) is 5. The number of nitrogens with zero attached hydrogens (tertiary/aromatic N) is 3. The fraction of sp³-hybridized carbons (Fsp3) is 0.172. The van der Waals surface area contributed by atoms with Crippen molar-refractivity contribution in [2.45, 2.75) is 13.0 Å². The van der Waals surface area contributed by atoms with Gasteiger partial charge in [-0.1, -0.05) is 42.0 Å². The van der Waals surface area contributed by atoms with Crippen LogP contribution in [-0.4, -0.2) is 25.9 Å². The molecule has 0 bridgehead atoms. The number of methoxy groups -OCH3 is 1. The van der Waals surface area contributed by atoms with Crippen LogP contribution in [-0.2, 0) is 14.1 Å². The molecule has 0 fully saturated rings. The molecule has 1 aliphatic heterocycles. The number of para-hydroxylation sites is 2. The van der Waals surface area contributed by atoms with Crippen molar-refractivity contribution in [3.63, 3.8) is 0 Å². The minimum absolute atomic E-state index is 0.0319. The number of ether oxygens (including phenoxy) is 1. The van der Waals surface area contributed by atoms with Crippen molar-refractivity contribution in [1.82, 2.24) is 13.7 Å². The summed E-state index contributed by atoms with van der Waals surface area (Å²) in [5.74, 6) is 0.369. The van der Waals surface area contributed by atoms with Gasteiger partial charge in [-0.15, -0.1) is 0 Å². The van der Waals surface area contributed by atoms with E-state index in [-0.39, 0.29) is 11.3 Å². The van der Waals surface area contributed by atoms with Gasteiger partial charge in [0, 0.05) is 14.1 Å². The third-order valence-electron chi connectivity index (χ3n) is 7.16. The summed E-state index contributed by atoms with van der Waals surface area (Å²) >= 11 is 0. The Hall–Kier alpha value is -4.72. The maximum atomic E-state index is 13.8. The maximum absolute atomic E-state index is 13.8. The highest BCUT2D eigenvalue weighted by Crippen LogP contribution is 2.46. The number of fused-ring (bicyclic) bond motifs is 5.